The summed E-state index contributed by atoms with van der Waals surface area (Å²) in [6.45, 7) is 9.11. The zero-order valence-electron chi connectivity index (χ0n) is 14.1. The molecule has 8 nitrogen and oxygen atoms in total. The molecule has 0 N–H and O–H groups in total. The van der Waals surface area contributed by atoms with Crippen molar-refractivity contribution in [3.63, 3.8) is 0 Å². The molecular weight excluding hydrogens is 300 g/mol. The van der Waals surface area contributed by atoms with Gasteiger partial charge in [0.1, 0.15) is 17.5 Å². The van der Waals surface area contributed by atoms with Crippen LogP contribution in [0.25, 0.3) is 0 Å². The molecule has 2 heterocycles. The van der Waals surface area contributed by atoms with Crippen LogP contribution in [-0.2, 0) is 11.3 Å². The van der Waals surface area contributed by atoms with Crippen molar-refractivity contribution in [2.75, 3.05) is 13.1 Å². The number of nitrogens with zero attached hydrogens (tertiary/aromatic N) is 4. The molecule has 0 aliphatic carbocycles. The largest absolute Gasteiger partial charge is 0.444 e. The summed E-state index contributed by atoms with van der Waals surface area (Å²) in [7, 11) is 0. The van der Waals surface area contributed by atoms with Crippen LogP contribution < -0.4 is 0 Å². The second kappa shape index (κ2) is 6.55. The van der Waals surface area contributed by atoms with Gasteiger partial charge in [-0.05, 0) is 46.5 Å². The Bertz CT molecular complexity index is 583. The molecule has 0 radical (unpaired) electrons. The van der Waals surface area contributed by atoms with Crippen LogP contribution in [0.2, 0.25) is 0 Å². The number of rotatable bonds is 3. The number of ether oxygens (including phenoxy) is 1. The summed E-state index contributed by atoms with van der Waals surface area (Å²) < 4.78 is 7.01. The first-order valence-electron chi connectivity index (χ1n) is 7.82. The van der Waals surface area contributed by atoms with Crippen molar-refractivity contribution in [3.8, 4) is 0 Å². The summed E-state index contributed by atoms with van der Waals surface area (Å²) in [5, 5.41) is 15.1. The first kappa shape index (κ1) is 17.2. The minimum absolute atomic E-state index is 0.0520. The van der Waals surface area contributed by atoms with Crippen molar-refractivity contribution in [1.82, 2.24) is 14.7 Å². The van der Waals surface area contributed by atoms with Crippen LogP contribution in [0.3, 0.4) is 0 Å². The molecule has 1 aliphatic rings. The van der Waals surface area contributed by atoms with Gasteiger partial charge in [-0.3, -0.25) is 14.8 Å². The second-order valence-electron chi connectivity index (χ2n) is 6.99. The summed E-state index contributed by atoms with van der Waals surface area (Å²) in [5.41, 5.74) is -0.00297. The molecule has 1 aromatic rings. The van der Waals surface area contributed by atoms with Crippen molar-refractivity contribution in [3.05, 3.63) is 22.0 Å². The van der Waals surface area contributed by atoms with Crippen molar-refractivity contribution >= 4 is 11.8 Å². The van der Waals surface area contributed by atoms with Crippen LogP contribution in [-0.4, -0.2) is 44.4 Å². The molecule has 1 fully saturated rings. The highest BCUT2D eigenvalue weighted by Crippen LogP contribution is 2.23. The van der Waals surface area contributed by atoms with Crippen molar-refractivity contribution < 1.29 is 14.5 Å². The monoisotopic (exact) mass is 324 g/mol. The van der Waals surface area contributed by atoms with Gasteiger partial charge in [-0.2, -0.15) is 5.10 Å². The lowest BCUT2D eigenvalue weighted by Crippen LogP contribution is -2.42. The Labute approximate surface area is 135 Å². The maximum atomic E-state index is 12.0. The van der Waals surface area contributed by atoms with E-state index in [1.54, 1.807) is 16.5 Å². The predicted molar refractivity (Wildman–Crippen MR) is 84.1 cm³/mol. The third-order valence-electron chi connectivity index (χ3n) is 3.83. The third-order valence-corrected chi connectivity index (χ3v) is 3.83. The zero-order valence-corrected chi connectivity index (χ0v) is 14.1. The van der Waals surface area contributed by atoms with Gasteiger partial charge in [0.2, 0.25) is 0 Å². The molecular formula is C15H24N4O4. The molecule has 0 aromatic carbocycles. The number of carbonyl (C=O) groups is 1. The van der Waals surface area contributed by atoms with E-state index in [0.717, 1.165) is 12.8 Å². The molecule has 1 aliphatic heterocycles. The molecule has 23 heavy (non-hydrogen) atoms. The number of piperidine rings is 1. The Hall–Kier alpha value is -2.12. The topological polar surface area (TPSA) is 90.5 Å². The number of hydrogen-bond acceptors (Lipinski definition) is 5. The zero-order chi connectivity index (χ0) is 17.2. The van der Waals surface area contributed by atoms with Gasteiger partial charge in [-0.25, -0.2) is 4.79 Å². The lowest BCUT2D eigenvalue weighted by molar-refractivity contribution is -0.385. The number of amides is 1. The molecule has 0 saturated carbocycles. The normalized spacial score (nSPS) is 16.4. The molecule has 1 saturated heterocycles. The minimum atomic E-state index is -0.487. The van der Waals surface area contributed by atoms with Crippen molar-refractivity contribution in [2.45, 2.75) is 52.7 Å². The highest BCUT2D eigenvalue weighted by Gasteiger charge is 2.27. The SMILES string of the molecule is Cc1nn(CC2CCN(C(=O)OC(C)(C)C)CC2)cc1[N+](=O)[O-]. The van der Waals surface area contributed by atoms with Crippen molar-refractivity contribution in [2.24, 2.45) is 5.92 Å². The molecule has 8 heteroatoms. The Morgan fingerprint density at radius 2 is 2.04 bits per heavy atom. The highest BCUT2D eigenvalue weighted by atomic mass is 16.6. The fourth-order valence-electron chi connectivity index (χ4n) is 2.67. The molecule has 1 aromatic heterocycles. The maximum Gasteiger partial charge on any atom is 0.410 e. The first-order chi connectivity index (χ1) is 10.7. The van der Waals surface area contributed by atoms with E-state index in [2.05, 4.69) is 5.10 Å². The summed E-state index contributed by atoms with van der Waals surface area (Å²) >= 11 is 0. The number of aryl methyl sites for hydroxylation is 1. The number of carbonyl (C=O) groups excluding carboxylic acids is 1. The minimum Gasteiger partial charge on any atom is -0.444 e. The average molecular weight is 324 g/mol. The van der Waals surface area contributed by atoms with Crippen LogP contribution in [0.1, 0.15) is 39.3 Å². The van der Waals surface area contributed by atoms with E-state index in [9.17, 15) is 14.9 Å². The van der Waals surface area contributed by atoms with Crippen LogP contribution in [0.4, 0.5) is 10.5 Å². The van der Waals surface area contributed by atoms with Crippen LogP contribution in [0.5, 0.6) is 0 Å². The summed E-state index contributed by atoms with van der Waals surface area (Å²) in [4.78, 5) is 24.2. The fourth-order valence-corrected chi connectivity index (χ4v) is 2.67. The predicted octanol–water partition coefficient (Wildman–Crippen LogP) is 2.75. The molecule has 0 bridgehead atoms. The lowest BCUT2D eigenvalue weighted by Gasteiger charge is -2.33. The van der Waals surface area contributed by atoms with Crippen LogP contribution in [0.15, 0.2) is 6.20 Å². The second-order valence-corrected chi connectivity index (χ2v) is 6.99. The standard InChI is InChI=1S/C15H24N4O4/c1-11-13(19(21)22)10-18(16-11)9-12-5-7-17(8-6-12)14(20)23-15(2,3)4/h10,12H,5-9H2,1-4H3. The Morgan fingerprint density at radius 1 is 1.43 bits per heavy atom. The first-order valence-corrected chi connectivity index (χ1v) is 7.82. The lowest BCUT2D eigenvalue weighted by atomic mass is 9.97. The number of nitro groups is 1. The smallest absolute Gasteiger partial charge is 0.410 e. The van der Waals surface area contributed by atoms with E-state index < -0.39 is 10.5 Å². The molecule has 2 rings (SSSR count). The van der Waals surface area contributed by atoms with Gasteiger partial charge in [0.15, 0.2) is 0 Å². The molecule has 0 unspecified atom stereocenters. The van der Waals surface area contributed by atoms with Crippen molar-refractivity contribution in [1.29, 1.82) is 0 Å². The summed E-state index contributed by atoms with van der Waals surface area (Å²) in [6.07, 6.45) is 2.88. The Morgan fingerprint density at radius 3 is 2.52 bits per heavy atom. The molecule has 0 atom stereocenters. The Kier molecular flexibility index (Phi) is 4.91. The molecule has 128 valence electrons. The van der Waals surface area contributed by atoms with E-state index in [4.69, 9.17) is 4.74 Å². The molecule has 1 amide bonds. The van der Waals surface area contributed by atoms with Gasteiger partial charge in [0.25, 0.3) is 0 Å². The fraction of sp³-hybridized carbons (Fsp3) is 0.733. The van der Waals surface area contributed by atoms with Gasteiger partial charge in [0, 0.05) is 19.6 Å². The van der Waals surface area contributed by atoms with Gasteiger partial charge in [-0.1, -0.05) is 0 Å². The van der Waals surface area contributed by atoms with E-state index in [1.807, 2.05) is 20.8 Å². The summed E-state index contributed by atoms with van der Waals surface area (Å²) in [5.74, 6) is 0.354. The Balaban J connectivity index is 1.86. The number of likely N-dealkylation sites (tertiary alicyclic amines) is 1. The number of aromatic nitrogens is 2. The van der Waals surface area contributed by atoms with Crippen LogP contribution >= 0.6 is 0 Å². The van der Waals surface area contributed by atoms with E-state index in [0.29, 0.717) is 31.2 Å². The maximum absolute atomic E-state index is 12.0. The van der Waals surface area contributed by atoms with Gasteiger partial charge in [-0.15, -0.1) is 0 Å². The van der Waals surface area contributed by atoms with E-state index >= 15 is 0 Å². The summed E-state index contributed by atoms with van der Waals surface area (Å²) in [6, 6.07) is 0. The van der Waals surface area contributed by atoms with Gasteiger partial charge < -0.3 is 9.64 Å². The van der Waals surface area contributed by atoms with Crippen LogP contribution in [0, 0.1) is 23.0 Å². The average Bonchev–Trinajstić information content (AvgIpc) is 2.78. The van der Waals surface area contributed by atoms with Gasteiger partial charge in [0.05, 0.1) is 4.92 Å². The quantitative estimate of drug-likeness (QED) is 0.630. The molecule has 0 spiro atoms. The van der Waals surface area contributed by atoms with Gasteiger partial charge >= 0.3 is 11.8 Å². The van der Waals surface area contributed by atoms with E-state index in [-0.39, 0.29) is 11.8 Å². The number of hydrogen-bond donors (Lipinski definition) is 0. The highest BCUT2D eigenvalue weighted by molar-refractivity contribution is 5.68. The third kappa shape index (κ3) is 4.67. The van der Waals surface area contributed by atoms with E-state index in [1.165, 1.54) is 6.20 Å².